The summed E-state index contributed by atoms with van der Waals surface area (Å²) in [5, 5.41) is 0.661. The van der Waals surface area contributed by atoms with Gasteiger partial charge in [0.25, 0.3) is 5.56 Å². The highest BCUT2D eigenvalue weighted by Crippen LogP contribution is 2.25. The highest BCUT2D eigenvalue weighted by molar-refractivity contribution is 7.18. The maximum atomic E-state index is 12.3. The molecule has 0 radical (unpaired) electrons. The van der Waals surface area contributed by atoms with Gasteiger partial charge in [0.1, 0.15) is 10.7 Å². The highest BCUT2D eigenvalue weighted by Gasteiger charge is 2.21. The van der Waals surface area contributed by atoms with Crippen LogP contribution in [0.1, 0.15) is 36.5 Å². The Balaban J connectivity index is 2.08. The van der Waals surface area contributed by atoms with Crippen LogP contribution in [0.2, 0.25) is 0 Å². The third-order valence-electron chi connectivity index (χ3n) is 4.31. The van der Waals surface area contributed by atoms with E-state index in [1.165, 1.54) is 11.3 Å². The summed E-state index contributed by atoms with van der Waals surface area (Å²) in [5.74, 6) is 0.589. The number of fused-ring (bicyclic) bond motifs is 1. The minimum absolute atomic E-state index is 0.0258. The van der Waals surface area contributed by atoms with Crippen LogP contribution in [-0.2, 0) is 11.2 Å². The molecule has 0 atom stereocenters. The number of nitrogens with two attached hydrogens (primary N) is 1. The zero-order chi connectivity index (χ0) is 18.1. The van der Waals surface area contributed by atoms with Gasteiger partial charge in [-0.2, -0.15) is 0 Å². The van der Waals surface area contributed by atoms with E-state index >= 15 is 0 Å². The van der Waals surface area contributed by atoms with Crippen molar-refractivity contribution in [1.29, 1.82) is 0 Å². The Kier molecular flexibility index (Phi) is 5.45. The predicted octanol–water partition coefficient (Wildman–Crippen LogP) is 1.98. The fraction of sp³-hybridized carbons (Fsp3) is 0.588. The van der Waals surface area contributed by atoms with Crippen LogP contribution in [0.25, 0.3) is 10.2 Å². The molecule has 2 heterocycles. The van der Waals surface area contributed by atoms with Gasteiger partial charge in [-0.05, 0) is 31.4 Å². The van der Waals surface area contributed by atoms with Crippen molar-refractivity contribution in [3.63, 3.8) is 0 Å². The first-order valence-corrected chi connectivity index (χ1v) is 8.89. The van der Waals surface area contributed by atoms with Crippen molar-refractivity contribution in [2.75, 3.05) is 20.1 Å². The molecule has 0 saturated heterocycles. The van der Waals surface area contributed by atoms with Gasteiger partial charge < -0.3 is 15.6 Å². The molecule has 0 aliphatic heterocycles. The van der Waals surface area contributed by atoms with E-state index in [9.17, 15) is 9.59 Å². The molecule has 132 valence electrons. The lowest BCUT2D eigenvalue weighted by Crippen LogP contribution is -2.39. The first-order chi connectivity index (χ1) is 11.1. The van der Waals surface area contributed by atoms with Crippen molar-refractivity contribution in [3.05, 3.63) is 26.6 Å². The third-order valence-corrected chi connectivity index (χ3v) is 5.41. The standard InChI is InChI=1S/C17H26N4O2S/c1-10-11(2)24-16-14(10)15(23)19-12(20-16)6-7-13(22)21(5)9-17(3,4)8-18/h6-9,18H2,1-5H3,(H,19,20,23). The van der Waals surface area contributed by atoms with Crippen LogP contribution >= 0.6 is 11.3 Å². The minimum Gasteiger partial charge on any atom is -0.345 e. The van der Waals surface area contributed by atoms with Crippen molar-refractivity contribution in [3.8, 4) is 0 Å². The van der Waals surface area contributed by atoms with Gasteiger partial charge in [-0.3, -0.25) is 9.59 Å². The van der Waals surface area contributed by atoms with Crippen LogP contribution < -0.4 is 11.3 Å². The van der Waals surface area contributed by atoms with Crippen LogP contribution in [0.3, 0.4) is 0 Å². The molecule has 7 heteroatoms. The summed E-state index contributed by atoms with van der Waals surface area (Å²) in [7, 11) is 1.78. The second-order valence-corrected chi connectivity index (χ2v) is 8.30. The molecule has 2 aromatic rings. The summed E-state index contributed by atoms with van der Waals surface area (Å²) < 4.78 is 0. The fourth-order valence-electron chi connectivity index (χ4n) is 2.63. The third kappa shape index (κ3) is 4.02. The lowest BCUT2D eigenvalue weighted by molar-refractivity contribution is -0.131. The number of aromatic amines is 1. The molecule has 6 nitrogen and oxygen atoms in total. The molecule has 0 saturated carbocycles. The van der Waals surface area contributed by atoms with Crippen molar-refractivity contribution in [2.45, 2.75) is 40.5 Å². The molecule has 2 rings (SSSR count). The number of rotatable bonds is 6. The zero-order valence-corrected chi connectivity index (χ0v) is 15.8. The number of amides is 1. The monoisotopic (exact) mass is 350 g/mol. The van der Waals surface area contributed by atoms with Gasteiger partial charge in [-0.25, -0.2) is 4.98 Å². The molecule has 0 bridgehead atoms. The first kappa shape index (κ1) is 18.6. The summed E-state index contributed by atoms with van der Waals surface area (Å²) in [6.07, 6.45) is 0.738. The second-order valence-electron chi connectivity index (χ2n) is 7.09. The molecular weight excluding hydrogens is 324 g/mol. The molecule has 2 aromatic heterocycles. The minimum atomic E-state index is -0.123. The summed E-state index contributed by atoms with van der Waals surface area (Å²) in [4.78, 5) is 35.4. The number of thiophene rings is 1. The lowest BCUT2D eigenvalue weighted by atomic mass is 9.93. The van der Waals surface area contributed by atoms with Crippen molar-refractivity contribution in [2.24, 2.45) is 11.1 Å². The van der Waals surface area contributed by atoms with E-state index in [1.54, 1.807) is 11.9 Å². The van der Waals surface area contributed by atoms with Gasteiger partial charge in [0.15, 0.2) is 0 Å². The van der Waals surface area contributed by atoms with Crippen LogP contribution in [0.15, 0.2) is 4.79 Å². The van der Waals surface area contributed by atoms with Crippen LogP contribution in [0, 0.1) is 19.3 Å². The van der Waals surface area contributed by atoms with Gasteiger partial charge in [0.05, 0.1) is 5.39 Å². The Morgan fingerprint density at radius 3 is 2.67 bits per heavy atom. The number of nitrogens with zero attached hydrogens (tertiary/aromatic N) is 2. The summed E-state index contributed by atoms with van der Waals surface area (Å²) in [6.45, 7) is 9.11. The summed E-state index contributed by atoms with van der Waals surface area (Å²) in [6, 6.07) is 0. The Hall–Kier alpha value is -1.73. The number of carbonyl (C=O) groups excluding carboxylic acids is 1. The average molecular weight is 350 g/mol. The summed E-state index contributed by atoms with van der Waals surface area (Å²) in [5.41, 5.74) is 6.47. The SMILES string of the molecule is Cc1sc2nc(CCC(=O)N(C)CC(C)(C)CN)[nH]c(=O)c2c1C. The Bertz CT molecular complexity index is 807. The number of hydrogen-bond donors (Lipinski definition) is 2. The molecule has 1 amide bonds. The molecule has 0 aromatic carbocycles. The van der Waals surface area contributed by atoms with Crippen LogP contribution in [0.4, 0.5) is 0 Å². The van der Waals surface area contributed by atoms with E-state index in [1.807, 2.05) is 27.7 Å². The Morgan fingerprint density at radius 1 is 1.38 bits per heavy atom. The van der Waals surface area contributed by atoms with Crippen LogP contribution in [0.5, 0.6) is 0 Å². The molecule has 3 N–H and O–H groups in total. The van der Waals surface area contributed by atoms with E-state index in [2.05, 4.69) is 9.97 Å². The van der Waals surface area contributed by atoms with E-state index in [4.69, 9.17) is 5.73 Å². The predicted molar refractivity (Wildman–Crippen MR) is 98.5 cm³/mol. The molecule has 0 spiro atoms. The number of carbonyl (C=O) groups is 1. The van der Waals surface area contributed by atoms with Gasteiger partial charge in [-0.15, -0.1) is 11.3 Å². The molecule has 0 aliphatic rings. The normalized spacial score (nSPS) is 11.9. The fourth-order valence-corrected chi connectivity index (χ4v) is 3.68. The number of hydrogen-bond acceptors (Lipinski definition) is 5. The number of aromatic nitrogens is 2. The zero-order valence-electron chi connectivity index (χ0n) is 15.0. The summed E-state index contributed by atoms with van der Waals surface area (Å²) >= 11 is 1.52. The topological polar surface area (TPSA) is 92.1 Å². The van der Waals surface area contributed by atoms with E-state index in [0.717, 1.165) is 15.3 Å². The number of aryl methyl sites for hydroxylation is 3. The van der Waals surface area contributed by atoms with Crippen molar-refractivity contribution in [1.82, 2.24) is 14.9 Å². The first-order valence-electron chi connectivity index (χ1n) is 8.07. The second kappa shape index (κ2) is 7.03. The van der Waals surface area contributed by atoms with Gasteiger partial charge in [-0.1, -0.05) is 13.8 Å². The Morgan fingerprint density at radius 2 is 2.04 bits per heavy atom. The molecule has 0 aliphatic carbocycles. The van der Waals surface area contributed by atoms with Gasteiger partial charge in [0, 0.05) is 31.3 Å². The Labute approximate surface area is 146 Å². The van der Waals surface area contributed by atoms with Crippen molar-refractivity contribution >= 4 is 27.5 Å². The van der Waals surface area contributed by atoms with E-state index in [0.29, 0.717) is 37.1 Å². The smallest absolute Gasteiger partial charge is 0.259 e. The molecule has 0 unspecified atom stereocenters. The van der Waals surface area contributed by atoms with E-state index in [-0.39, 0.29) is 16.9 Å². The van der Waals surface area contributed by atoms with Crippen molar-refractivity contribution < 1.29 is 4.79 Å². The van der Waals surface area contributed by atoms with E-state index < -0.39 is 0 Å². The highest BCUT2D eigenvalue weighted by atomic mass is 32.1. The molecular formula is C17H26N4O2S. The molecule has 24 heavy (non-hydrogen) atoms. The van der Waals surface area contributed by atoms with Crippen LogP contribution in [-0.4, -0.2) is 40.9 Å². The lowest BCUT2D eigenvalue weighted by Gasteiger charge is -2.29. The number of H-pyrrole nitrogens is 1. The maximum Gasteiger partial charge on any atom is 0.259 e. The molecule has 0 fully saturated rings. The average Bonchev–Trinajstić information content (AvgIpc) is 2.79. The largest absolute Gasteiger partial charge is 0.345 e. The van der Waals surface area contributed by atoms with Gasteiger partial charge >= 0.3 is 0 Å². The quantitative estimate of drug-likeness (QED) is 0.833. The maximum absolute atomic E-state index is 12.3. The van der Waals surface area contributed by atoms with Gasteiger partial charge in [0.2, 0.25) is 5.91 Å². The number of nitrogens with one attached hydrogen (secondary N) is 1.